The number of carboxylic acid groups (broad SMARTS) is 1. The molecule has 0 aliphatic heterocycles. The van der Waals surface area contributed by atoms with Gasteiger partial charge in [0, 0.05) is 0 Å². The van der Waals surface area contributed by atoms with Crippen LogP contribution in [0.4, 0.5) is 0 Å². The third-order valence-corrected chi connectivity index (χ3v) is 4.39. The summed E-state index contributed by atoms with van der Waals surface area (Å²) in [6.07, 6.45) is 3.11. The third-order valence-electron chi connectivity index (χ3n) is 3.40. The number of carboxylic acids is 1. The zero-order valence-corrected chi connectivity index (χ0v) is 13.0. The minimum Gasteiger partial charge on any atom is -0.481 e. The minimum absolute atomic E-state index is 0.0407. The summed E-state index contributed by atoms with van der Waals surface area (Å²) in [6, 6.07) is 6.08. The van der Waals surface area contributed by atoms with Crippen LogP contribution in [0, 0.1) is 13.8 Å². The van der Waals surface area contributed by atoms with Crippen LogP contribution in [0.2, 0.25) is 0 Å². The number of thioether (sulfide) groups is 1. The number of rotatable bonds is 4. The highest BCUT2D eigenvalue weighted by molar-refractivity contribution is 8.00. The second kappa shape index (κ2) is 5.76. The lowest BCUT2D eigenvalue weighted by atomic mass is 10.1. The highest BCUT2D eigenvalue weighted by atomic mass is 32.2. The Balaban J connectivity index is 2.06. The van der Waals surface area contributed by atoms with Crippen LogP contribution < -0.4 is 0 Å². The van der Waals surface area contributed by atoms with E-state index in [0.717, 1.165) is 11.1 Å². The van der Waals surface area contributed by atoms with Crippen molar-refractivity contribution in [1.29, 1.82) is 0 Å². The molecule has 0 aliphatic carbocycles. The number of fused-ring (bicyclic) bond motifs is 1. The van der Waals surface area contributed by atoms with Gasteiger partial charge < -0.3 is 5.11 Å². The van der Waals surface area contributed by atoms with Gasteiger partial charge in [-0.2, -0.15) is 5.10 Å². The summed E-state index contributed by atoms with van der Waals surface area (Å²) in [5.74, 6) is -0.917. The van der Waals surface area contributed by atoms with E-state index in [2.05, 4.69) is 22.0 Å². The topological polar surface area (TPSA) is 80.9 Å². The van der Waals surface area contributed by atoms with Gasteiger partial charge in [0.05, 0.1) is 23.0 Å². The Morgan fingerprint density at radius 3 is 2.82 bits per heavy atom. The van der Waals surface area contributed by atoms with Crippen LogP contribution in [0.1, 0.15) is 11.1 Å². The van der Waals surface area contributed by atoms with Gasteiger partial charge >= 0.3 is 5.97 Å². The molecule has 1 aromatic carbocycles. The van der Waals surface area contributed by atoms with Crippen molar-refractivity contribution in [3.05, 3.63) is 41.9 Å². The standard InChI is InChI=1S/C15H14N4O2S/c1-9-3-4-11(5-10(9)2)19-14-12(6-18-19)15(17-8-16-14)22-7-13(20)21/h3-6,8H,7H2,1-2H3,(H,20,21). The average molecular weight is 314 g/mol. The van der Waals surface area contributed by atoms with E-state index in [4.69, 9.17) is 5.11 Å². The fraction of sp³-hybridized carbons (Fsp3) is 0.200. The maximum atomic E-state index is 10.7. The Labute approximate surface area is 131 Å². The molecule has 0 fully saturated rings. The van der Waals surface area contributed by atoms with E-state index in [0.29, 0.717) is 10.7 Å². The molecule has 112 valence electrons. The normalized spacial score (nSPS) is 11.0. The maximum Gasteiger partial charge on any atom is 0.313 e. The predicted molar refractivity (Wildman–Crippen MR) is 84.5 cm³/mol. The molecule has 22 heavy (non-hydrogen) atoms. The number of aromatic nitrogens is 4. The lowest BCUT2D eigenvalue weighted by molar-refractivity contribution is -0.133. The molecule has 2 heterocycles. The Kier molecular flexibility index (Phi) is 3.81. The molecule has 3 rings (SSSR count). The predicted octanol–water partition coefficient (Wildman–Crippen LogP) is 2.61. The number of aryl methyl sites for hydroxylation is 2. The zero-order chi connectivity index (χ0) is 15.7. The monoisotopic (exact) mass is 314 g/mol. The third kappa shape index (κ3) is 2.67. The Bertz CT molecular complexity index is 860. The number of hydrogen-bond acceptors (Lipinski definition) is 5. The van der Waals surface area contributed by atoms with Crippen LogP contribution in [-0.4, -0.2) is 36.6 Å². The molecule has 2 aromatic heterocycles. The molecule has 0 saturated heterocycles. The SMILES string of the molecule is Cc1ccc(-n2ncc3c(SCC(=O)O)ncnc32)cc1C. The van der Waals surface area contributed by atoms with Gasteiger partial charge in [-0.05, 0) is 37.1 Å². The molecule has 0 bridgehead atoms. The molecule has 7 heteroatoms. The number of hydrogen-bond donors (Lipinski definition) is 1. The molecule has 0 amide bonds. The van der Waals surface area contributed by atoms with Gasteiger partial charge in [0.1, 0.15) is 11.4 Å². The van der Waals surface area contributed by atoms with Gasteiger partial charge in [0.25, 0.3) is 0 Å². The first-order chi connectivity index (χ1) is 10.6. The number of nitrogens with zero attached hydrogens (tertiary/aromatic N) is 4. The van der Waals surface area contributed by atoms with Crippen molar-refractivity contribution in [1.82, 2.24) is 19.7 Å². The first kappa shape index (κ1) is 14.5. The zero-order valence-electron chi connectivity index (χ0n) is 12.1. The summed E-state index contributed by atoms with van der Waals surface area (Å²) in [7, 11) is 0. The van der Waals surface area contributed by atoms with Crippen molar-refractivity contribution in [2.75, 3.05) is 5.75 Å². The highest BCUT2D eigenvalue weighted by Crippen LogP contribution is 2.26. The van der Waals surface area contributed by atoms with E-state index in [1.54, 1.807) is 10.9 Å². The molecule has 0 radical (unpaired) electrons. The van der Waals surface area contributed by atoms with E-state index in [1.165, 1.54) is 29.2 Å². The Hall–Kier alpha value is -2.41. The van der Waals surface area contributed by atoms with Gasteiger partial charge in [-0.15, -0.1) is 0 Å². The average Bonchev–Trinajstić information content (AvgIpc) is 2.92. The number of benzene rings is 1. The number of carbonyl (C=O) groups is 1. The quantitative estimate of drug-likeness (QED) is 0.589. The molecule has 0 aliphatic rings. The molecule has 3 aromatic rings. The molecule has 6 nitrogen and oxygen atoms in total. The van der Waals surface area contributed by atoms with Crippen LogP contribution >= 0.6 is 11.8 Å². The summed E-state index contributed by atoms with van der Waals surface area (Å²) >= 11 is 1.17. The van der Waals surface area contributed by atoms with Gasteiger partial charge in [-0.3, -0.25) is 4.79 Å². The van der Waals surface area contributed by atoms with Crippen molar-refractivity contribution in [3.8, 4) is 5.69 Å². The smallest absolute Gasteiger partial charge is 0.313 e. The van der Waals surface area contributed by atoms with Crippen LogP contribution in [0.3, 0.4) is 0 Å². The van der Waals surface area contributed by atoms with E-state index in [9.17, 15) is 4.79 Å². The maximum absolute atomic E-state index is 10.7. The fourth-order valence-electron chi connectivity index (χ4n) is 2.11. The molecular formula is C15H14N4O2S. The lowest BCUT2D eigenvalue weighted by Gasteiger charge is -2.06. The lowest BCUT2D eigenvalue weighted by Crippen LogP contribution is -2.00. The first-order valence-electron chi connectivity index (χ1n) is 6.67. The second-order valence-electron chi connectivity index (χ2n) is 4.92. The molecule has 0 unspecified atom stereocenters. The fourth-order valence-corrected chi connectivity index (χ4v) is 2.80. The Morgan fingerprint density at radius 1 is 1.27 bits per heavy atom. The van der Waals surface area contributed by atoms with Gasteiger partial charge in [-0.25, -0.2) is 14.6 Å². The van der Waals surface area contributed by atoms with E-state index < -0.39 is 5.97 Å². The molecule has 1 N–H and O–H groups in total. The second-order valence-corrected chi connectivity index (χ2v) is 5.89. The van der Waals surface area contributed by atoms with Crippen molar-refractivity contribution in [2.24, 2.45) is 0 Å². The van der Waals surface area contributed by atoms with Crippen LogP contribution in [-0.2, 0) is 4.79 Å². The van der Waals surface area contributed by atoms with Gasteiger partial charge in [-0.1, -0.05) is 17.8 Å². The molecule has 0 saturated carbocycles. The largest absolute Gasteiger partial charge is 0.481 e. The summed E-state index contributed by atoms with van der Waals surface area (Å²) in [6.45, 7) is 4.11. The highest BCUT2D eigenvalue weighted by Gasteiger charge is 2.12. The van der Waals surface area contributed by atoms with Crippen molar-refractivity contribution < 1.29 is 9.90 Å². The van der Waals surface area contributed by atoms with E-state index >= 15 is 0 Å². The summed E-state index contributed by atoms with van der Waals surface area (Å²) in [5.41, 5.74) is 3.99. The van der Waals surface area contributed by atoms with E-state index in [-0.39, 0.29) is 5.75 Å². The summed E-state index contributed by atoms with van der Waals surface area (Å²) in [4.78, 5) is 19.2. The van der Waals surface area contributed by atoms with Crippen molar-refractivity contribution in [3.63, 3.8) is 0 Å². The first-order valence-corrected chi connectivity index (χ1v) is 7.66. The van der Waals surface area contributed by atoms with Crippen LogP contribution in [0.25, 0.3) is 16.7 Å². The van der Waals surface area contributed by atoms with Gasteiger partial charge in [0.2, 0.25) is 0 Å². The Morgan fingerprint density at radius 2 is 2.09 bits per heavy atom. The minimum atomic E-state index is -0.877. The molecule has 0 atom stereocenters. The molecule has 0 spiro atoms. The molecular weight excluding hydrogens is 300 g/mol. The van der Waals surface area contributed by atoms with Crippen LogP contribution in [0.15, 0.2) is 35.7 Å². The van der Waals surface area contributed by atoms with Gasteiger partial charge in [0.15, 0.2) is 5.65 Å². The van der Waals surface area contributed by atoms with Crippen LogP contribution in [0.5, 0.6) is 0 Å². The van der Waals surface area contributed by atoms with Crippen molar-refractivity contribution in [2.45, 2.75) is 18.9 Å². The number of aliphatic carboxylic acids is 1. The summed E-state index contributed by atoms with van der Waals surface area (Å²) in [5, 5.41) is 14.6. The van der Waals surface area contributed by atoms with Crippen molar-refractivity contribution >= 4 is 28.8 Å². The summed E-state index contributed by atoms with van der Waals surface area (Å²) < 4.78 is 1.74. The van der Waals surface area contributed by atoms with E-state index in [1.807, 2.05) is 25.1 Å².